The van der Waals surface area contributed by atoms with E-state index in [4.69, 9.17) is 0 Å². The molecule has 0 bridgehead atoms. The van der Waals surface area contributed by atoms with Gasteiger partial charge in [-0.05, 0) is 23.4 Å². The number of nitrogens with zero attached hydrogens (tertiary/aromatic N) is 5. The number of phenolic OH excluding ortho intramolecular Hbond substituents is 1. The Morgan fingerprint density at radius 3 is 2.76 bits per heavy atom. The second-order valence-corrected chi connectivity index (χ2v) is 6.95. The standard InChI is InChI=1S/C12H6F3N5O3S2/c13-12(14,15)10-16-17-11-19(10)18-8(25-11)4-24-9(18)5-1-2-7(21)6(3-5)20(22)23/h1-4,9,21H. The van der Waals surface area contributed by atoms with Gasteiger partial charge in [0.2, 0.25) is 5.16 Å². The molecule has 0 amide bonds. The zero-order chi connectivity index (χ0) is 17.9. The van der Waals surface area contributed by atoms with Gasteiger partial charge < -0.3 is 5.11 Å². The Hall–Kier alpha value is -2.41. The molecule has 0 saturated carbocycles. The van der Waals surface area contributed by atoms with Gasteiger partial charge in [-0.3, -0.25) is 15.1 Å². The molecule has 1 aromatic carbocycles. The van der Waals surface area contributed by atoms with E-state index < -0.39 is 33.7 Å². The molecule has 2 aromatic rings. The van der Waals surface area contributed by atoms with Gasteiger partial charge in [0.15, 0.2) is 5.75 Å². The summed E-state index contributed by atoms with van der Waals surface area (Å²) in [5, 5.41) is 30.2. The minimum absolute atomic E-state index is 0.0668. The number of hydrogen-bond acceptors (Lipinski definition) is 8. The second-order valence-electron chi connectivity index (χ2n) is 5.01. The lowest BCUT2D eigenvalue weighted by molar-refractivity contribution is -0.385. The molecule has 8 nitrogen and oxygen atoms in total. The summed E-state index contributed by atoms with van der Waals surface area (Å²) in [5.74, 6) is -1.68. The van der Waals surface area contributed by atoms with Crippen molar-refractivity contribution in [2.75, 3.05) is 5.01 Å². The molecule has 1 aromatic heterocycles. The molecular weight excluding hydrogens is 383 g/mol. The fourth-order valence-corrected chi connectivity index (χ4v) is 4.69. The number of aromatic nitrogens is 3. The van der Waals surface area contributed by atoms with Crippen LogP contribution in [0.3, 0.4) is 0 Å². The van der Waals surface area contributed by atoms with E-state index in [1.165, 1.54) is 22.8 Å². The van der Waals surface area contributed by atoms with E-state index in [0.717, 1.165) is 28.6 Å². The van der Waals surface area contributed by atoms with Crippen molar-refractivity contribution < 1.29 is 23.2 Å². The first-order valence-electron chi connectivity index (χ1n) is 6.60. The van der Waals surface area contributed by atoms with Gasteiger partial charge in [-0.25, -0.2) is 4.68 Å². The van der Waals surface area contributed by atoms with Crippen LogP contribution in [-0.2, 0) is 6.18 Å². The van der Waals surface area contributed by atoms with Crippen molar-refractivity contribution in [2.24, 2.45) is 0 Å². The molecule has 1 N–H and O–H groups in total. The van der Waals surface area contributed by atoms with Crippen LogP contribution in [-0.4, -0.2) is 24.9 Å². The highest BCUT2D eigenvalue weighted by Crippen LogP contribution is 2.52. The van der Waals surface area contributed by atoms with E-state index in [1.54, 1.807) is 5.41 Å². The average molecular weight is 389 g/mol. The monoisotopic (exact) mass is 389 g/mol. The molecule has 1 unspecified atom stereocenters. The van der Waals surface area contributed by atoms with Gasteiger partial charge in [0.05, 0.1) is 4.92 Å². The molecule has 0 spiro atoms. The minimum Gasteiger partial charge on any atom is -0.502 e. The number of alkyl halides is 3. The molecule has 25 heavy (non-hydrogen) atoms. The number of nitro groups is 1. The van der Waals surface area contributed by atoms with E-state index >= 15 is 0 Å². The summed E-state index contributed by atoms with van der Waals surface area (Å²) in [6, 6.07) is 3.72. The highest BCUT2D eigenvalue weighted by Gasteiger charge is 2.47. The van der Waals surface area contributed by atoms with Crippen LogP contribution >= 0.6 is 23.5 Å². The lowest BCUT2D eigenvalue weighted by atomic mass is 10.2. The van der Waals surface area contributed by atoms with Crippen molar-refractivity contribution >= 4 is 29.2 Å². The lowest BCUT2D eigenvalue weighted by Crippen LogP contribution is -2.33. The summed E-state index contributed by atoms with van der Waals surface area (Å²) in [4.78, 5) is 10.2. The predicted molar refractivity (Wildman–Crippen MR) is 82.3 cm³/mol. The first kappa shape index (κ1) is 16.1. The van der Waals surface area contributed by atoms with Crippen molar-refractivity contribution in [2.45, 2.75) is 16.7 Å². The summed E-state index contributed by atoms with van der Waals surface area (Å²) in [6.45, 7) is 0. The third kappa shape index (κ3) is 2.41. The normalized spacial score (nSPS) is 18.9. The summed E-state index contributed by atoms with van der Waals surface area (Å²) >= 11 is 2.22. The Bertz CT molecular complexity index is 929. The number of hydrogen-bond donors (Lipinski definition) is 1. The molecular formula is C12H6F3N5O3S2. The molecule has 1 atom stereocenters. The largest absolute Gasteiger partial charge is 0.502 e. The summed E-state index contributed by atoms with van der Waals surface area (Å²) in [6.07, 6.45) is -4.69. The highest BCUT2D eigenvalue weighted by molar-refractivity contribution is 8.07. The minimum atomic E-state index is -4.69. The second kappa shape index (κ2) is 5.29. The maximum Gasteiger partial charge on any atom is 0.453 e. The summed E-state index contributed by atoms with van der Waals surface area (Å²) in [5.41, 5.74) is -0.144. The number of rotatable bonds is 2. The third-order valence-corrected chi connectivity index (χ3v) is 5.69. The lowest BCUT2D eigenvalue weighted by Gasteiger charge is -2.26. The fourth-order valence-electron chi connectivity index (χ4n) is 2.48. The van der Waals surface area contributed by atoms with Crippen LogP contribution in [0.15, 0.2) is 33.8 Å². The number of thioether (sulfide) groups is 2. The van der Waals surface area contributed by atoms with Gasteiger partial charge >= 0.3 is 11.9 Å². The molecule has 130 valence electrons. The van der Waals surface area contributed by atoms with Crippen LogP contribution in [0, 0.1) is 10.1 Å². The average Bonchev–Trinajstić information content (AvgIpc) is 3.17. The maximum atomic E-state index is 13.2. The Morgan fingerprint density at radius 1 is 1.32 bits per heavy atom. The predicted octanol–water partition coefficient (Wildman–Crippen LogP) is 3.20. The number of phenols is 1. The van der Waals surface area contributed by atoms with Crippen LogP contribution in [0.25, 0.3) is 0 Å². The van der Waals surface area contributed by atoms with Crippen molar-refractivity contribution in [3.8, 4) is 5.75 Å². The molecule has 0 fully saturated rings. The molecule has 0 radical (unpaired) electrons. The van der Waals surface area contributed by atoms with E-state index in [-0.39, 0.29) is 5.16 Å². The summed E-state index contributed by atoms with van der Waals surface area (Å²) in [7, 11) is 0. The molecule has 2 aliphatic rings. The maximum absolute atomic E-state index is 13.2. The topological polar surface area (TPSA) is 97.3 Å². The van der Waals surface area contributed by atoms with Gasteiger partial charge in [-0.15, -0.1) is 10.2 Å². The molecule has 2 aliphatic heterocycles. The molecule has 3 heterocycles. The quantitative estimate of drug-likeness (QED) is 0.618. The Kier molecular flexibility index (Phi) is 3.40. The zero-order valence-corrected chi connectivity index (χ0v) is 13.5. The Morgan fingerprint density at radius 2 is 2.08 bits per heavy atom. The van der Waals surface area contributed by atoms with Gasteiger partial charge in [0.1, 0.15) is 10.4 Å². The van der Waals surface area contributed by atoms with Crippen LogP contribution in [0.5, 0.6) is 5.75 Å². The van der Waals surface area contributed by atoms with Gasteiger partial charge in [0, 0.05) is 11.5 Å². The highest BCUT2D eigenvalue weighted by atomic mass is 32.2. The van der Waals surface area contributed by atoms with Gasteiger partial charge in [0.25, 0.3) is 5.82 Å². The molecule has 4 rings (SSSR count). The van der Waals surface area contributed by atoms with Crippen molar-refractivity contribution in [3.63, 3.8) is 0 Å². The van der Waals surface area contributed by atoms with Crippen molar-refractivity contribution in [3.05, 3.63) is 50.1 Å². The van der Waals surface area contributed by atoms with Crippen molar-refractivity contribution in [1.29, 1.82) is 0 Å². The van der Waals surface area contributed by atoms with E-state index in [2.05, 4.69) is 10.2 Å². The zero-order valence-electron chi connectivity index (χ0n) is 11.8. The first-order chi connectivity index (χ1) is 11.8. The van der Waals surface area contributed by atoms with Crippen LogP contribution in [0.1, 0.15) is 16.8 Å². The van der Waals surface area contributed by atoms with E-state index in [1.807, 2.05) is 0 Å². The van der Waals surface area contributed by atoms with Crippen LogP contribution in [0.2, 0.25) is 0 Å². The number of aromatic hydroxyl groups is 1. The van der Waals surface area contributed by atoms with E-state index in [9.17, 15) is 28.4 Å². The number of benzene rings is 1. The molecule has 0 saturated heterocycles. The number of halogens is 3. The van der Waals surface area contributed by atoms with Crippen LogP contribution < -0.4 is 5.01 Å². The fraction of sp³-hybridized carbons (Fsp3) is 0.167. The Balaban J connectivity index is 1.79. The molecule has 0 aliphatic carbocycles. The van der Waals surface area contributed by atoms with Gasteiger partial charge in [-0.2, -0.15) is 13.2 Å². The number of nitro benzene ring substituents is 1. The summed E-state index contributed by atoms with van der Waals surface area (Å²) < 4.78 is 40.4. The number of fused-ring (bicyclic) bond motifs is 3. The van der Waals surface area contributed by atoms with Gasteiger partial charge in [-0.1, -0.05) is 17.8 Å². The first-order valence-corrected chi connectivity index (χ1v) is 8.36. The SMILES string of the molecule is O=[N+]([O-])c1cc(C2SC=C3Sc4nnc(C(F)(F)F)n4N32)ccc1O. The van der Waals surface area contributed by atoms with Crippen LogP contribution in [0.4, 0.5) is 18.9 Å². The van der Waals surface area contributed by atoms with Crippen molar-refractivity contribution in [1.82, 2.24) is 14.9 Å². The smallest absolute Gasteiger partial charge is 0.453 e. The Labute approximate surface area is 145 Å². The molecule has 13 heteroatoms. The third-order valence-electron chi connectivity index (χ3n) is 3.50. The van der Waals surface area contributed by atoms with E-state index in [0.29, 0.717) is 10.6 Å².